The van der Waals surface area contributed by atoms with Gasteiger partial charge in [-0.05, 0) is 54.6 Å². The van der Waals surface area contributed by atoms with Gasteiger partial charge < -0.3 is 16.4 Å². The minimum Gasteiger partial charge on any atom is -0.388 e. The Labute approximate surface area is 194 Å². The van der Waals surface area contributed by atoms with E-state index < -0.39 is 0 Å². The largest absolute Gasteiger partial charge is 0.388 e. The SMILES string of the molecule is CNc1cccc(-n2c(=O)n(-c3ccc(C(=O)Nc4ccccc4)cc3)c3c(N)ncnc32)c1. The van der Waals surface area contributed by atoms with Crippen molar-refractivity contribution in [1.82, 2.24) is 19.1 Å². The molecule has 0 saturated carbocycles. The first-order valence-corrected chi connectivity index (χ1v) is 10.6. The molecule has 34 heavy (non-hydrogen) atoms. The normalized spacial score (nSPS) is 10.9. The molecule has 0 spiro atoms. The minimum absolute atomic E-state index is 0.177. The molecule has 5 rings (SSSR count). The summed E-state index contributed by atoms with van der Waals surface area (Å²) in [5.74, 6) is -0.0734. The first kappa shape index (κ1) is 21.0. The molecule has 0 bridgehead atoms. The van der Waals surface area contributed by atoms with Gasteiger partial charge in [-0.2, -0.15) is 0 Å². The summed E-state index contributed by atoms with van der Waals surface area (Å²) in [7, 11) is 1.81. The van der Waals surface area contributed by atoms with Crippen LogP contribution < -0.4 is 22.1 Å². The highest BCUT2D eigenvalue weighted by atomic mass is 16.2. The van der Waals surface area contributed by atoms with Gasteiger partial charge in [0.2, 0.25) is 0 Å². The lowest BCUT2D eigenvalue weighted by Crippen LogP contribution is -2.22. The van der Waals surface area contributed by atoms with Gasteiger partial charge in [-0.25, -0.2) is 19.3 Å². The van der Waals surface area contributed by atoms with Crippen LogP contribution in [0.1, 0.15) is 10.4 Å². The number of rotatable bonds is 5. The second-order valence-corrected chi connectivity index (χ2v) is 7.55. The van der Waals surface area contributed by atoms with Gasteiger partial charge in [-0.3, -0.25) is 9.36 Å². The summed E-state index contributed by atoms with van der Waals surface area (Å²) >= 11 is 0. The predicted octanol–water partition coefficient (Wildman–Crippen LogP) is 3.45. The highest BCUT2D eigenvalue weighted by molar-refractivity contribution is 6.04. The quantitative estimate of drug-likeness (QED) is 0.377. The number of benzene rings is 3. The van der Waals surface area contributed by atoms with Crippen molar-refractivity contribution >= 4 is 34.3 Å². The molecule has 0 aliphatic heterocycles. The van der Waals surface area contributed by atoms with Crippen LogP contribution in [0.15, 0.2) is 90.0 Å². The summed E-state index contributed by atoms with van der Waals surface area (Å²) in [5, 5.41) is 5.92. The number of anilines is 3. The number of nitrogens with two attached hydrogens (primary N) is 1. The molecule has 9 heteroatoms. The summed E-state index contributed by atoms with van der Waals surface area (Å²) < 4.78 is 2.94. The van der Waals surface area contributed by atoms with Crippen molar-refractivity contribution in [2.75, 3.05) is 23.4 Å². The first-order chi connectivity index (χ1) is 16.6. The second-order valence-electron chi connectivity index (χ2n) is 7.55. The van der Waals surface area contributed by atoms with E-state index in [9.17, 15) is 9.59 Å². The fourth-order valence-corrected chi connectivity index (χ4v) is 3.81. The Hall–Kier alpha value is -4.92. The maximum absolute atomic E-state index is 13.6. The summed E-state index contributed by atoms with van der Waals surface area (Å²) in [6.45, 7) is 0. The molecule has 0 unspecified atom stereocenters. The molecule has 0 aliphatic rings. The van der Waals surface area contributed by atoms with E-state index in [1.54, 1.807) is 31.3 Å². The molecule has 1 amide bonds. The van der Waals surface area contributed by atoms with E-state index in [1.165, 1.54) is 15.5 Å². The van der Waals surface area contributed by atoms with E-state index in [-0.39, 0.29) is 17.4 Å². The summed E-state index contributed by atoms with van der Waals surface area (Å²) in [6, 6.07) is 23.3. The van der Waals surface area contributed by atoms with E-state index in [0.29, 0.717) is 33.8 Å². The molecule has 0 aliphatic carbocycles. The number of fused-ring (bicyclic) bond motifs is 1. The lowest BCUT2D eigenvalue weighted by molar-refractivity contribution is 0.102. The molecule has 3 aromatic carbocycles. The standard InChI is InChI=1S/C25H21N7O2/c1-27-18-8-5-9-20(14-18)32-23-21(22(26)28-15-29-23)31(25(32)34)19-12-10-16(11-13-19)24(33)30-17-6-3-2-4-7-17/h2-15,27H,1H3,(H,30,33)(H2,26,28,29). The Morgan fingerprint density at radius 1 is 0.853 bits per heavy atom. The van der Waals surface area contributed by atoms with Crippen molar-refractivity contribution in [2.24, 2.45) is 0 Å². The molecule has 2 heterocycles. The van der Waals surface area contributed by atoms with Crippen molar-refractivity contribution in [3.63, 3.8) is 0 Å². The van der Waals surface area contributed by atoms with Crippen LogP contribution in [0.3, 0.4) is 0 Å². The number of nitrogens with one attached hydrogen (secondary N) is 2. The fraction of sp³-hybridized carbons (Fsp3) is 0.0400. The number of nitrogen functional groups attached to an aromatic ring is 1. The zero-order valence-corrected chi connectivity index (χ0v) is 18.3. The van der Waals surface area contributed by atoms with E-state index in [4.69, 9.17) is 5.73 Å². The van der Waals surface area contributed by atoms with E-state index >= 15 is 0 Å². The Kier molecular flexibility index (Phi) is 5.27. The molecule has 0 atom stereocenters. The molecule has 0 radical (unpaired) electrons. The zero-order chi connectivity index (χ0) is 23.7. The Morgan fingerprint density at radius 2 is 1.59 bits per heavy atom. The second kappa shape index (κ2) is 8.55. The van der Waals surface area contributed by atoms with Gasteiger partial charge in [0, 0.05) is 24.0 Å². The van der Waals surface area contributed by atoms with E-state index in [2.05, 4.69) is 20.6 Å². The van der Waals surface area contributed by atoms with Crippen molar-refractivity contribution in [3.8, 4) is 11.4 Å². The highest BCUT2D eigenvalue weighted by Crippen LogP contribution is 2.24. The van der Waals surface area contributed by atoms with Gasteiger partial charge in [0.25, 0.3) is 5.91 Å². The lowest BCUT2D eigenvalue weighted by atomic mass is 10.2. The van der Waals surface area contributed by atoms with Gasteiger partial charge >= 0.3 is 5.69 Å². The molecule has 9 nitrogen and oxygen atoms in total. The van der Waals surface area contributed by atoms with Crippen LogP contribution >= 0.6 is 0 Å². The molecular formula is C25H21N7O2. The molecule has 2 aromatic heterocycles. The van der Waals surface area contributed by atoms with Crippen LogP contribution in [-0.4, -0.2) is 32.1 Å². The Balaban J connectivity index is 1.60. The first-order valence-electron chi connectivity index (χ1n) is 10.6. The van der Waals surface area contributed by atoms with Crippen LogP contribution in [-0.2, 0) is 0 Å². The Bertz CT molecular complexity index is 1550. The minimum atomic E-state index is -0.350. The number of aromatic nitrogens is 4. The molecule has 4 N–H and O–H groups in total. The number of hydrogen-bond acceptors (Lipinski definition) is 6. The summed E-state index contributed by atoms with van der Waals surface area (Å²) in [4.78, 5) is 34.6. The van der Waals surface area contributed by atoms with Gasteiger partial charge in [-0.1, -0.05) is 24.3 Å². The van der Waals surface area contributed by atoms with Crippen LogP contribution in [0.2, 0.25) is 0 Å². The third-order valence-corrected chi connectivity index (χ3v) is 5.46. The topological polar surface area (TPSA) is 120 Å². The number of amides is 1. The molecule has 0 fully saturated rings. The molecule has 5 aromatic rings. The van der Waals surface area contributed by atoms with Crippen LogP contribution in [0.4, 0.5) is 17.2 Å². The van der Waals surface area contributed by atoms with Crippen molar-refractivity contribution in [3.05, 3.63) is 101 Å². The maximum Gasteiger partial charge on any atom is 0.339 e. The third kappa shape index (κ3) is 3.65. The van der Waals surface area contributed by atoms with E-state index in [1.807, 2.05) is 54.6 Å². The number of para-hydroxylation sites is 1. The predicted molar refractivity (Wildman–Crippen MR) is 133 cm³/mol. The van der Waals surface area contributed by atoms with E-state index in [0.717, 1.165) is 5.69 Å². The third-order valence-electron chi connectivity index (χ3n) is 5.46. The average molecular weight is 451 g/mol. The summed E-state index contributed by atoms with van der Waals surface area (Å²) in [6.07, 6.45) is 1.33. The summed E-state index contributed by atoms with van der Waals surface area (Å²) in [5.41, 5.74) is 9.78. The highest BCUT2D eigenvalue weighted by Gasteiger charge is 2.20. The van der Waals surface area contributed by atoms with Gasteiger partial charge in [0.05, 0.1) is 11.4 Å². The number of imidazole rings is 1. The van der Waals surface area contributed by atoms with Crippen LogP contribution in [0, 0.1) is 0 Å². The molecular weight excluding hydrogens is 430 g/mol. The van der Waals surface area contributed by atoms with Crippen molar-refractivity contribution in [1.29, 1.82) is 0 Å². The average Bonchev–Trinajstić information content (AvgIpc) is 3.17. The van der Waals surface area contributed by atoms with Crippen molar-refractivity contribution in [2.45, 2.75) is 0 Å². The number of carbonyl (C=O) groups excluding carboxylic acids is 1. The van der Waals surface area contributed by atoms with Crippen LogP contribution in [0.5, 0.6) is 0 Å². The smallest absolute Gasteiger partial charge is 0.339 e. The molecule has 168 valence electrons. The van der Waals surface area contributed by atoms with Gasteiger partial charge in [-0.15, -0.1) is 0 Å². The van der Waals surface area contributed by atoms with Crippen LogP contribution in [0.25, 0.3) is 22.5 Å². The number of carbonyl (C=O) groups is 1. The monoisotopic (exact) mass is 451 g/mol. The van der Waals surface area contributed by atoms with Crippen molar-refractivity contribution < 1.29 is 4.79 Å². The Morgan fingerprint density at radius 3 is 2.32 bits per heavy atom. The van der Waals surface area contributed by atoms with Gasteiger partial charge in [0.15, 0.2) is 11.5 Å². The zero-order valence-electron chi connectivity index (χ0n) is 18.3. The number of nitrogens with zero attached hydrogens (tertiary/aromatic N) is 4. The lowest BCUT2D eigenvalue weighted by Gasteiger charge is -2.07. The van der Waals surface area contributed by atoms with Gasteiger partial charge in [0.1, 0.15) is 11.8 Å². The molecule has 0 saturated heterocycles. The maximum atomic E-state index is 13.6. The number of hydrogen-bond donors (Lipinski definition) is 3. The fourth-order valence-electron chi connectivity index (χ4n) is 3.81.